The summed E-state index contributed by atoms with van der Waals surface area (Å²) >= 11 is 0. The fraction of sp³-hybridized carbons (Fsp3) is 0.421. The molecular weight excluding hydrogens is 336 g/mol. The van der Waals surface area contributed by atoms with E-state index in [-0.39, 0.29) is 11.8 Å². The lowest BCUT2D eigenvalue weighted by Gasteiger charge is -2.09. The molecule has 0 aliphatic rings. The van der Waals surface area contributed by atoms with Gasteiger partial charge < -0.3 is 14.0 Å². The second kappa shape index (κ2) is 9.03. The lowest BCUT2D eigenvalue weighted by molar-refractivity contribution is -0.119. The molecule has 0 saturated heterocycles. The third-order valence-corrected chi connectivity index (χ3v) is 3.39. The summed E-state index contributed by atoms with van der Waals surface area (Å²) in [6.45, 7) is 8.22. The van der Waals surface area contributed by atoms with Crippen LogP contribution in [0, 0.1) is 5.92 Å². The summed E-state index contributed by atoms with van der Waals surface area (Å²) in [5, 5.41) is 6.33. The molecule has 0 aliphatic heterocycles. The van der Waals surface area contributed by atoms with E-state index in [4.69, 9.17) is 14.0 Å². The van der Waals surface area contributed by atoms with Crippen LogP contribution in [0.25, 0.3) is 0 Å². The highest BCUT2D eigenvalue weighted by molar-refractivity contribution is 5.94. The molecule has 2 rings (SSSR count). The smallest absolute Gasteiger partial charge is 0.338 e. The first-order valence-corrected chi connectivity index (χ1v) is 8.51. The van der Waals surface area contributed by atoms with E-state index >= 15 is 0 Å². The number of hydrogen-bond donors (Lipinski definition) is 1. The minimum atomic E-state index is -0.587. The van der Waals surface area contributed by atoms with Gasteiger partial charge >= 0.3 is 5.97 Å². The Morgan fingerprint density at radius 1 is 1.15 bits per heavy atom. The highest BCUT2D eigenvalue weighted by atomic mass is 16.5. The molecule has 1 N–H and O–H groups in total. The molecule has 0 aliphatic carbocycles. The Bertz CT molecular complexity index is 735. The number of anilines is 1. The molecule has 0 atom stereocenters. The van der Waals surface area contributed by atoms with Crippen molar-refractivity contribution in [2.45, 2.75) is 33.6 Å². The van der Waals surface area contributed by atoms with Crippen LogP contribution in [0.15, 0.2) is 34.9 Å². The number of amides is 1. The molecule has 0 unspecified atom stereocenters. The van der Waals surface area contributed by atoms with Crippen LogP contribution in [-0.4, -0.2) is 30.2 Å². The molecule has 140 valence electrons. The minimum absolute atomic E-state index is 0.190. The van der Waals surface area contributed by atoms with Gasteiger partial charge in [0, 0.05) is 6.07 Å². The van der Waals surface area contributed by atoms with Gasteiger partial charge in [-0.1, -0.05) is 32.9 Å². The van der Waals surface area contributed by atoms with Gasteiger partial charge in [-0.2, -0.15) is 0 Å². The third kappa shape index (κ3) is 5.91. The summed E-state index contributed by atoms with van der Waals surface area (Å²) in [5.74, 6) is 0.423. The van der Waals surface area contributed by atoms with Gasteiger partial charge in [0.15, 0.2) is 6.61 Å². The zero-order valence-electron chi connectivity index (χ0n) is 15.4. The van der Waals surface area contributed by atoms with Crippen molar-refractivity contribution in [1.29, 1.82) is 0 Å². The second-order valence-electron chi connectivity index (χ2n) is 6.62. The van der Waals surface area contributed by atoms with E-state index in [1.807, 2.05) is 13.8 Å². The Morgan fingerprint density at radius 2 is 1.85 bits per heavy atom. The SMILES string of the molecule is CC(C)COc1ccc(C(=O)OCC(=O)Nc2cc(C(C)C)no2)cc1. The molecule has 0 saturated carbocycles. The molecule has 0 radical (unpaired) electrons. The highest BCUT2D eigenvalue weighted by Gasteiger charge is 2.13. The number of rotatable bonds is 8. The van der Waals surface area contributed by atoms with Crippen molar-refractivity contribution < 1.29 is 23.6 Å². The largest absolute Gasteiger partial charge is 0.493 e. The van der Waals surface area contributed by atoms with E-state index in [2.05, 4.69) is 24.3 Å². The summed E-state index contributed by atoms with van der Waals surface area (Å²) in [7, 11) is 0. The normalized spacial score (nSPS) is 10.8. The maximum Gasteiger partial charge on any atom is 0.338 e. The van der Waals surface area contributed by atoms with Crippen LogP contribution in [0.4, 0.5) is 5.88 Å². The van der Waals surface area contributed by atoms with E-state index in [9.17, 15) is 9.59 Å². The molecule has 0 bridgehead atoms. The fourth-order valence-electron chi connectivity index (χ4n) is 1.96. The number of hydrogen-bond acceptors (Lipinski definition) is 6. The lowest BCUT2D eigenvalue weighted by Crippen LogP contribution is -2.20. The van der Waals surface area contributed by atoms with Gasteiger partial charge in [0.1, 0.15) is 5.75 Å². The van der Waals surface area contributed by atoms with E-state index in [0.29, 0.717) is 23.8 Å². The summed E-state index contributed by atoms with van der Waals surface area (Å²) in [4.78, 5) is 23.8. The molecular formula is C19H24N2O5. The Hall–Kier alpha value is -2.83. The van der Waals surface area contributed by atoms with E-state index < -0.39 is 18.5 Å². The monoisotopic (exact) mass is 360 g/mol. The topological polar surface area (TPSA) is 90.7 Å². The number of ether oxygens (including phenoxy) is 2. The van der Waals surface area contributed by atoms with Crippen LogP contribution < -0.4 is 10.1 Å². The van der Waals surface area contributed by atoms with Crippen LogP contribution in [0.1, 0.15) is 49.7 Å². The zero-order chi connectivity index (χ0) is 19.1. The van der Waals surface area contributed by atoms with Crippen molar-refractivity contribution in [3.05, 3.63) is 41.6 Å². The number of esters is 1. The van der Waals surface area contributed by atoms with Crippen LogP contribution in [0.3, 0.4) is 0 Å². The molecule has 0 fully saturated rings. The number of carbonyl (C=O) groups is 2. The number of carbonyl (C=O) groups excluding carboxylic acids is 2. The van der Waals surface area contributed by atoms with Crippen molar-refractivity contribution in [2.75, 3.05) is 18.5 Å². The maximum absolute atomic E-state index is 12.0. The molecule has 1 heterocycles. The predicted octanol–water partition coefficient (Wildman–Crippen LogP) is 3.63. The van der Waals surface area contributed by atoms with Gasteiger partial charge in [0.2, 0.25) is 5.88 Å². The molecule has 1 aromatic carbocycles. The Labute approximate surface area is 152 Å². The summed E-state index contributed by atoms with van der Waals surface area (Å²) in [6, 6.07) is 8.23. The number of nitrogens with zero attached hydrogens (tertiary/aromatic N) is 1. The first-order valence-electron chi connectivity index (χ1n) is 8.51. The number of nitrogens with one attached hydrogen (secondary N) is 1. The predicted molar refractivity (Wildman–Crippen MR) is 96.3 cm³/mol. The third-order valence-electron chi connectivity index (χ3n) is 3.39. The van der Waals surface area contributed by atoms with E-state index in [1.165, 1.54) is 0 Å². The van der Waals surface area contributed by atoms with Crippen LogP contribution in [-0.2, 0) is 9.53 Å². The Kier molecular flexibility index (Phi) is 6.77. The first-order chi connectivity index (χ1) is 12.3. The van der Waals surface area contributed by atoms with Gasteiger partial charge in [-0.05, 0) is 36.1 Å². The second-order valence-corrected chi connectivity index (χ2v) is 6.62. The molecule has 1 aromatic heterocycles. The van der Waals surface area contributed by atoms with Gasteiger partial charge in [-0.15, -0.1) is 0 Å². The Balaban J connectivity index is 1.80. The Morgan fingerprint density at radius 3 is 2.42 bits per heavy atom. The van der Waals surface area contributed by atoms with Crippen LogP contribution >= 0.6 is 0 Å². The van der Waals surface area contributed by atoms with Crippen molar-refractivity contribution >= 4 is 17.8 Å². The van der Waals surface area contributed by atoms with E-state index in [1.54, 1.807) is 30.3 Å². The van der Waals surface area contributed by atoms with Gasteiger partial charge in [-0.25, -0.2) is 4.79 Å². The average Bonchev–Trinajstić information content (AvgIpc) is 3.07. The highest BCUT2D eigenvalue weighted by Crippen LogP contribution is 2.17. The molecule has 0 spiro atoms. The molecule has 2 aromatic rings. The summed E-state index contributed by atoms with van der Waals surface area (Å²) in [5.41, 5.74) is 1.08. The summed E-state index contributed by atoms with van der Waals surface area (Å²) in [6.07, 6.45) is 0. The molecule has 1 amide bonds. The number of benzene rings is 1. The average molecular weight is 360 g/mol. The van der Waals surface area contributed by atoms with Gasteiger partial charge in [0.05, 0.1) is 17.9 Å². The molecule has 7 nitrogen and oxygen atoms in total. The first kappa shape index (κ1) is 19.5. The molecule has 26 heavy (non-hydrogen) atoms. The van der Waals surface area contributed by atoms with Crippen LogP contribution in [0.2, 0.25) is 0 Å². The van der Waals surface area contributed by atoms with Crippen LogP contribution in [0.5, 0.6) is 5.75 Å². The maximum atomic E-state index is 12.0. The quantitative estimate of drug-likeness (QED) is 0.723. The summed E-state index contributed by atoms with van der Waals surface area (Å²) < 4.78 is 15.6. The fourth-order valence-corrected chi connectivity index (χ4v) is 1.96. The lowest BCUT2D eigenvalue weighted by atomic mass is 10.1. The van der Waals surface area contributed by atoms with Crippen molar-refractivity contribution in [3.8, 4) is 5.75 Å². The van der Waals surface area contributed by atoms with Crippen molar-refractivity contribution in [1.82, 2.24) is 5.16 Å². The minimum Gasteiger partial charge on any atom is -0.493 e. The van der Waals surface area contributed by atoms with Crippen molar-refractivity contribution in [2.24, 2.45) is 5.92 Å². The zero-order valence-corrected chi connectivity index (χ0v) is 15.4. The van der Waals surface area contributed by atoms with E-state index in [0.717, 1.165) is 5.69 Å². The van der Waals surface area contributed by atoms with Gasteiger partial charge in [0.25, 0.3) is 5.91 Å². The van der Waals surface area contributed by atoms with Crippen molar-refractivity contribution in [3.63, 3.8) is 0 Å². The number of aromatic nitrogens is 1. The van der Waals surface area contributed by atoms with Gasteiger partial charge in [-0.3, -0.25) is 10.1 Å². The standard InChI is InChI=1S/C19H24N2O5/c1-12(2)10-24-15-7-5-14(6-8-15)19(23)25-11-17(22)20-18-9-16(13(3)4)21-26-18/h5-9,12-13H,10-11H2,1-4H3,(H,20,22). The molecule has 7 heteroatoms.